The van der Waals surface area contributed by atoms with Gasteiger partial charge in [-0.25, -0.2) is 0 Å². The molecule has 1 N–H and O–H groups in total. The Morgan fingerprint density at radius 1 is 0.909 bits per heavy atom. The van der Waals surface area contributed by atoms with Crippen LogP contribution in [0.1, 0.15) is 29.3 Å². The molecule has 0 spiro atoms. The molecule has 0 saturated heterocycles. The van der Waals surface area contributed by atoms with E-state index in [0.717, 1.165) is 5.56 Å². The van der Waals surface area contributed by atoms with E-state index in [1.807, 2.05) is 43.3 Å². The Kier molecular flexibility index (Phi) is 5.48. The second-order valence-corrected chi connectivity index (χ2v) is 5.38. The largest absolute Gasteiger partial charge is 0.481 e. The Balaban J connectivity index is 2.25. The number of hydrogen-bond acceptors (Lipinski definition) is 2. The summed E-state index contributed by atoms with van der Waals surface area (Å²) in [7, 11) is 0. The molecule has 3 nitrogen and oxygen atoms in total. The van der Waals surface area contributed by atoms with Crippen molar-refractivity contribution in [1.29, 1.82) is 0 Å². The Bertz CT molecular complexity index is 620. The number of benzene rings is 2. The average molecular weight is 296 g/mol. The van der Waals surface area contributed by atoms with Gasteiger partial charge in [-0.1, -0.05) is 67.6 Å². The molecule has 0 radical (unpaired) electrons. The van der Waals surface area contributed by atoms with Crippen molar-refractivity contribution >= 4 is 11.8 Å². The smallest absolute Gasteiger partial charge is 0.307 e. The van der Waals surface area contributed by atoms with Gasteiger partial charge in [0.1, 0.15) is 0 Å². The fraction of sp³-hybridized carbons (Fsp3) is 0.263. The summed E-state index contributed by atoms with van der Waals surface area (Å²) in [5.74, 6) is -2.23. The Morgan fingerprint density at radius 3 is 1.95 bits per heavy atom. The summed E-state index contributed by atoms with van der Waals surface area (Å²) < 4.78 is 0. The number of carbonyl (C=O) groups excluding carboxylic acids is 1. The zero-order valence-corrected chi connectivity index (χ0v) is 12.6. The van der Waals surface area contributed by atoms with E-state index in [2.05, 4.69) is 0 Å². The minimum absolute atomic E-state index is 0.0913. The van der Waals surface area contributed by atoms with Crippen molar-refractivity contribution in [3.63, 3.8) is 0 Å². The molecule has 0 aliphatic rings. The Morgan fingerprint density at radius 2 is 1.45 bits per heavy atom. The number of carbonyl (C=O) groups is 2. The zero-order chi connectivity index (χ0) is 15.9. The highest BCUT2D eigenvalue weighted by atomic mass is 16.4. The third-order valence-corrected chi connectivity index (χ3v) is 3.94. The van der Waals surface area contributed by atoms with E-state index in [9.17, 15) is 14.7 Å². The number of rotatable bonds is 7. The average Bonchev–Trinajstić information content (AvgIpc) is 2.56. The first kappa shape index (κ1) is 16.0. The van der Waals surface area contributed by atoms with Crippen molar-refractivity contribution in [3.8, 4) is 0 Å². The number of hydrogen-bond donors (Lipinski definition) is 1. The molecule has 2 aromatic carbocycles. The van der Waals surface area contributed by atoms with Crippen molar-refractivity contribution < 1.29 is 14.7 Å². The molecule has 22 heavy (non-hydrogen) atoms. The third-order valence-electron chi connectivity index (χ3n) is 3.94. The van der Waals surface area contributed by atoms with Gasteiger partial charge in [0.2, 0.25) is 0 Å². The number of carboxylic acid groups (broad SMARTS) is 1. The highest BCUT2D eigenvalue weighted by molar-refractivity contribution is 5.99. The van der Waals surface area contributed by atoms with Crippen LogP contribution in [-0.4, -0.2) is 16.9 Å². The third kappa shape index (κ3) is 3.82. The SMILES string of the molecule is CCC(C(=O)c1ccccc1)C(Cc1ccccc1)C(=O)O. The first-order valence-corrected chi connectivity index (χ1v) is 7.49. The van der Waals surface area contributed by atoms with E-state index in [4.69, 9.17) is 0 Å². The maximum absolute atomic E-state index is 12.6. The quantitative estimate of drug-likeness (QED) is 0.790. The molecule has 2 aromatic rings. The van der Waals surface area contributed by atoms with Gasteiger partial charge in [-0.05, 0) is 18.4 Å². The van der Waals surface area contributed by atoms with Gasteiger partial charge in [0.25, 0.3) is 0 Å². The first-order valence-electron chi connectivity index (χ1n) is 7.49. The van der Waals surface area contributed by atoms with Crippen molar-refractivity contribution in [2.24, 2.45) is 11.8 Å². The molecule has 0 saturated carbocycles. The molecule has 2 rings (SSSR count). The van der Waals surface area contributed by atoms with Crippen LogP contribution in [-0.2, 0) is 11.2 Å². The van der Waals surface area contributed by atoms with Gasteiger partial charge in [-0.3, -0.25) is 9.59 Å². The van der Waals surface area contributed by atoms with Crippen LogP contribution in [0, 0.1) is 11.8 Å². The van der Waals surface area contributed by atoms with Crippen LogP contribution in [0.2, 0.25) is 0 Å². The van der Waals surface area contributed by atoms with Crippen LogP contribution in [0.4, 0.5) is 0 Å². The molecule has 2 atom stereocenters. The topological polar surface area (TPSA) is 54.4 Å². The molecular formula is C19H20O3. The van der Waals surface area contributed by atoms with E-state index >= 15 is 0 Å². The summed E-state index contributed by atoms with van der Waals surface area (Å²) in [4.78, 5) is 24.3. The van der Waals surface area contributed by atoms with Crippen LogP contribution in [0.15, 0.2) is 60.7 Å². The van der Waals surface area contributed by atoms with E-state index in [1.165, 1.54) is 0 Å². The summed E-state index contributed by atoms with van der Waals surface area (Å²) in [6, 6.07) is 18.4. The number of ketones is 1. The van der Waals surface area contributed by atoms with Gasteiger partial charge >= 0.3 is 5.97 Å². The van der Waals surface area contributed by atoms with Crippen LogP contribution < -0.4 is 0 Å². The minimum Gasteiger partial charge on any atom is -0.481 e. The summed E-state index contributed by atoms with van der Waals surface area (Å²) in [5, 5.41) is 9.58. The molecule has 0 aliphatic heterocycles. The maximum atomic E-state index is 12.6. The molecule has 0 bridgehead atoms. The number of aliphatic carboxylic acids is 1. The van der Waals surface area contributed by atoms with Crippen molar-refractivity contribution in [3.05, 3.63) is 71.8 Å². The lowest BCUT2D eigenvalue weighted by atomic mass is 9.80. The second kappa shape index (κ2) is 7.55. The van der Waals surface area contributed by atoms with E-state index in [-0.39, 0.29) is 5.78 Å². The first-order chi connectivity index (χ1) is 10.6. The number of carboxylic acids is 1. The summed E-state index contributed by atoms with van der Waals surface area (Å²) in [5.41, 5.74) is 1.52. The van der Waals surface area contributed by atoms with E-state index < -0.39 is 17.8 Å². The summed E-state index contributed by atoms with van der Waals surface area (Å²) in [6.45, 7) is 1.87. The summed E-state index contributed by atoms with van der Waals surface area (Å²) >= 11 is 0. The molecule has 2 unspecified atom stereocenters. The lowest BCUT2D eigenvalue weighted by Gasteiger charge is -2.22. The van der Waals surface area contributed by atoms with Crippen molar-refractivity contribution in [2.45, 2.75) is 19.8 Å². The summed E-state index contributed by atoms with van der Waals surface area (Å²) in [6.07, 6.45) is 0.880. The molecule has 114 valence electrons. The fourth-order valence-electron chi connectivity index (χ4n) is 2.74. The normalized spacial score (nSPS) is 13.3. The van der Waals surface area contributed by atoms with Crippen molar-refractivity contribution in [1.82, 2.24) is 0 Å². The van der Waals surface area contributed by atoms with Crippen LogP contribution in [0.5, 0.6) is 0 Å². The molecule has 3 heteroatoms. The molecule has 0 amide bonds. The minimum atomic E-state index is -0.917. The predicted molar refractivity (Wildman–Crippen MR) is 85.8 cm³/mol. The van der Waals surface area contributed by atoms with Gasteiger partial charge in [-0.15, -0.1) is 0 Å². The van der Waals surface area contributed by atoms with Gasteiger partial charge in [0, 0.05) is 11.5 Å². The maximum Gasteiger partial charge on any atom is 0.307 e. The van der Waals surface area contributed by atoms with E-state index in [1.54, 1.807) is 24.3 Å². The van der Waals surface area contributed by atoms with Gasteiger partial charge in [0.15, 0.2) is 5.78 Å². The molecule has 0 heterocycles. The lowest BCUT2D eigenvalue weighted by molar-refractivity contribution is -0.143. The Hall–Kier alpha value is -2.42. The lowest BCUT2D eigenvalue weighted by Crippen LogP contribution is -2.31. The highest BCUT2D eigenvalue weighted by Gasteiger charge is 2.32. The standard InChI is InChI=1S/C19H20O3/c1-2-16(18(20)15-11-7-4-8-12-15)17(19(21)22)13-14-9-5-3-6-10-14/h3-12,16-17H,2,13H2,1H3,(H,21,22). The van der Waals surface area contributed by atoms with Crippen LogP contribution in [0.25, 0.3) is 0 Å². The highest BCUT2D eigenvalue weighted by Crippen LogP contribution is 2.25. The van der Waals surface area contributed by atoms with Crippen LogP contribution in [0.3, 0.4) is 0 Å². The van der Waals surface area contributed by atoms with Gasteiger partial charge in [0.05, 0.1) is 5.92 Å². The monoisotopic (exact) mass is 296 g/mol. The van der Waals surface area contributed by atoms with Crippen LogP contribution >= 0.6 is 0 Å². The fourth-order valence-corrected chi connectivity index (χ4v) is 2.74. The molecular weight excluding hydrogens is 276 g/mol. The zero-order valence-electron chi connectivity index (χ0n) is 12.6. The predicted octanol–water partition coefficient (Wildman–Crippen LogP) is 3.84. The van der Waals surface area contributed by atoms with Gasteiger partial charge in [-0.2, -0.15) is 0 Å². The molecule has 0 aromatic heterocycles. The second-order valence-electron chi connectivity index (χ2n) is 5.38. The van der Waals surface area contributed by atoms with E-state index in [0.29, 0.717) is 18.4 Å². The van der Waals surface area contributed by atoms with Gasteiger partial charge < -0.3 is 5.11 Å². The molecule has 0 aliphatic carbocycles. The van der Waals surface area contributed by atoms with Crippen molar-refractivity contribution in [2.75, 3.05) is 0 Å². The molecule has 0 fully saturated rings. The Labute approximate surface area is 130 Å². The number of Topliss-reactive ketones (excluding diaryl/α,β-unsaturated/α-hetero) is 1.